The molecule has 4 aromatic rings. The minimum absolute atomic E-state index is 0.126. The molecule has 1 amide bonds. The van der Waals surface area contributed by atoms with E-state index in [4.69, 9.17) is 9.16 Å². The third kappa shape index (κ3) is 9.54. The van der Waals surface area contributed by atoms with E-state index in [2.05, 4.69) is 136 Å². The van der Waals surface area contributed by atoms with Crippen LogP contribution in [0.1, 0.15) is 52.7 Å². The van der Waals surface area contributed by atoms with Crippen molar-refractivity contribution >= 4 is 36.0 Å². The van der Waals surface area contributed by atoms with E-state index in [1.54, 1.807) is 0 Å². The summed E-state index contributed by atoms with van der Waals surface area (Å²) in [6, 6.07) is 29.8. The minimum Gasteiger partial charge on any atom is -0.444 e. The van der Waals surface area contributed by atoms with Crippen LogP contribution >= 0.6 is 0 Å². The Kier molecular flexibility index (Phi) is 10.2. The van der Waals surface area contributed by atoms with Gasteiger partial charge in [0.25, 0.3) is 0 Å². The number of rotatable bonds is 10. The predicted octanol–water partition coefficient (Wildman–Crippen LogP) is 9.87. The van der Waals surface area contributed by atoms with Gasteiger partial charge >= 0.3 is 6.09 Å². The van der Waals surface area contributed by atoms with Crippen LogP contribution in [0.3, 0.4) is 0 Å². The fraction of sp³-hybridized carbons (Fsp3) is 0.395. The van der Waals surface area contributed by atoms with E-state index in [-0.39, 0.29) is 17.0 Å². The van der Waals surface area contributed by atoms with Gasteiger partial charge in [-0.15, -0.1) is 0 Å². The molecule has 0 fully saturated rings. The van der Waals surface area contributed by atoms with Crippen molar-refractivity contribution in [2.45, 2.75) is 84.2 Å². The molecule has 0 radical (unpaired) electrons. The van der Waals surface area contributed by atoms with Crippen LogP contribution in [-0.4, -0.2) is 32.7 Å². The SMILES string of the molecule is CC(C)(C)OC(=O)NC(/C=C/C(CO[Si](C)(C)C(C)(C)C)Cc1ccc2ccccc2c1)Cc1ccc2ccccc2c1. The van der Waals surface area contributed by atoms with E-state index in [1.807, 2.05) is 20.8 Å². The van der Waals surface area contributed by atoms with Crippen LogP contribution in [0.2, 0.25) is 18.1 Å². The second-order valence-electron chi connectivity index (χ2n) is 14.2. The molecule has 4 nitrogen and oxygen atoms in total. The summed E-state index contributed by atoms with van der Waals surface area (Å²) < 4.78 is 12.4. The quantitative estimate of drug-likeness (QED) is 0.147. The number of ether oxygens (including phenoxy) is 1. The van der Waals surface area contributed by atoms with Gasteiger partial charge in [0.1, 0.15) is 5.60 Å². The molecule has 43 heavy (non-hydrogen) atoms. The summed E-state index contributed by atoms with van der Waals surface area (Å²) in [5, 5.41) is 8.14. The van der Waals surface area contributed by atoms with Gasteiger partial charge in [-0.2, -0.15) is 0 Å². The van der Waals surface area contributed by atoms with Crippen LogP contribution in [-0.2, 0) is 22.0 Å². The molecule has 0 aliphatic heterocycles. The van der Waals surface area contributed by atoms with Crippen LogP contribution in [0, 0.1) is 5.92 Å². The lowest BCUT2D eigenvalue weighted by Gasteiger charge is -2.37. The fourth-order valence-electron chi connectivity index (χ4n) is 4.92. The molecule has 0 bridgehead atoms. The highest BCUT2D eigenvalue weighted by Gasteiger charge is 2.37. The molecule has 0 aliphatic rings. The molecule has 0 aromatic heterocycles. The van der Waals surface area contributed by atoms with Crippen molar-refractivity contribution in [3.8, 4) is 0 Å². The average molecular weight is 596 g/mol. The Hall–Kier alpha value is -3.41. The van der Waals surface area contributed by atoms with Crippen LogP contribution in [0.5, 0.6) is 0 Å². The summed E-state index contributed by atoms with van der Waals surface area (Å²) in [4.78, 5) is 12.9. The first kappa shape index (κ1) is 32.5. The summed E-state index contributed by atoms with van der Waals surface area (Å²) in [6.45, 7) is 17.7. The Bertz CT molecular complexity index is 1560. The molecule has 2 atom stereocenters. The molecule has 0 aliphatic carbocycles. The summed E-state index contributed by atoms with van der Waals surface area (Å²) in [7, 11) is -1.95. The zero-order chi connectivity index (χ0) is 31.3. The third-order valence-electron chi connectivity index (χ3n) is 8.36. The van der Waals surface area contributed by atoms with Crippen molar-refractivity contribution in [3.05, 3.63) is 108 Å². The highest BCUT2D eigenvalue weighted by atomic mass is 28.4. The highest BCUT2D eigenvalue weighted by molar-refractivity contribution is 6.74. The monoisotopic (exact) mass is 595 g/mol. The molecule has 228 valence electrons. The van der Waals surface area contributed by atoms with Crippen molar-refractivity contribution < 1.29 is 14.0 Å². The molecular weight excluding hydrogens is 547 g/mol. The summed E-state index contributed by atoms with van der Waals surface area (Å²) in [6.07, 6.45) is 5.48. The molecule has 0 saturated carbocycles. The predicted molar refractivity (Wildman–Crippen MR) is 184 cm³/mol. The molecule has 0 saturated heterocycles. The Morgan fingerprint density at radius 1 is 0.744 bits per heavy atom. The summed E-state index contributed by atoms with van der Waals surface area (Å²) >= 11 is 0. The number of fused-ring (bicyclic) bond motifs is 2. The van der Waals surface area contributed by atoms with E-state index >= 15 is 0 Å². The first-order valence-electron chi connectivity index (χ1n) is 15.5. The van der Waals surface area contributed by atoms with Crippen molar-refractivity contribution in [2.24, 2.45) is 5.92 Å². The molecule has 0 heterocycles. The fourth-order valence-corrected chi connectivity index (χ4v) is 5.98. The van der Waals surface area contributed by atoms with Gasteiger partial charge in [0, 0.05) is 12.5 Å². The Labute approximate surface area is 259 Å². The maximum atomic E-state index is 12.9. The number of nitrogens with one attached hydrogen (secondary N) is 1. The molecule has 4 aromatic carbocycles. The second-order valence-corrected chi connectivity index (χ2v) is 19.0. The molecule has 0 spiro atoms. The zero-order valence-electron chi connectivity index (χ0n) is 27.2. The third-order valence-corrected chi connectivity index (χ3v) is 12.9. The van der Waals surface area contributed by atoms with Crippen molar-refractivity contribution in [3.63, 3.8) is 0 Å². The maximum absolute atomic E-state index is 12.9. The Morgan fingerprint density at radius 2 is 1.26 bits per heavy atom. The smallest absolute Gasteiger partial charge is 0.408 e. The summed E-state index contributed by atoms with van der Waals surface area (Å²) in [5.74, 6) is 0.148. The summed E-state index contributed by atoms with van der Waals surface area (Å²) in [5.41, 5.74) is 1.86. The number of amides is 1. The van der Waals surface area contributed by atoms with Crippen LogP contribution < -0.4 is 5.32 Å². The van der Waals surface area contributed by atoms with Gasteiger partial charge in [-0.1, -0.05) is 118 Å². The van der Waals surface area contributed by atoms with Crippen LogP contribution in [0.25, 0.3) is 21.5 Å². The number of benzene rings is 4. The van der Waals surface area contributed by atoms with Gasteiger partial charge in [0.15, 0.2) is 8.32 Å². The second kappa shape index (κ2) is 13.5. The Balaban J connectivity index is 1.61. The molecular formula is C38H49NO3Si. The van der Waals surface area contributed by atoms with Gasteiger partial charge in [-0.25, -0.2) is 4.79 Å². The normalized spacial score (nSPS) is 14.2. The topological polar surface area (TPSA) is 47.6 Å². The number of carbonyl (C=O) groups is 1. The van der Waals surface area contributed by atoms with Crippen LogP contribution in [0.15, 0.2) is 97.1 Å². The lowest BCUT2D eigenvalue weighted by Crippen LogP contribution is -2.42. The molecule has 1 N–H and O–H groups in total. The standard InChI is InChI=1S/C38H49NO3Si/c1-37(2,3)42-36(40)39-35(26-29-18-21-32-14-10-12-16-34(32)25-29)22-19-30(27-41-43(7,8)38(4,5)6)23-28-17-20-31-13-9-11-15-33(31)24-28/h9-22,24-25,30,35H,23,26-27H2,1-8H3,(H,39,40)/b22-19+. The van der Waals surface area contributed by atoms with Crippen molar-refractivity contribution in [2.75, 3.05) is 6.61 Å². The first-order valence-corrected chi connectivity index (χ1v) is 18.4. The van der Waals surface area contributed by atoms with Gasteiger partial charge in [-0.3, -0.25) is 0 Å². The number of hydrogen-bond donors (Lipinski definition) is 1. The minimum atomic E-state index is -1.95. The maximum Gasteiger partial charge on any atom is 0.408 e. The molecule has 4 rings (SSSR count). The van der Waals surface area contributed by atoms with Crippen LogP contribution in [0.4, 0.5) is 4.79 Å². The number of alkyl carbamates (subject to hydrolysis) is 1. The van der Waals surface area contributed by atoms with E-state index in [1.165, 1.54) is 27.1 Å². The van der Waals surface area contributed by atoms with E-state index in [0.29, 0.717) is 13.0 Å². The number of hydrogen-bond acceptors (Lipinski definition) is 3. The van der Waals surface area contributed by atoms with Gasteiger partial charge in [0.05, 0.1) is 6.04 Å². The first-order chi connectivity index (χ1) is 20.2. The largest absolute Gasteiger partial charge is 0.444 e. The molecule has 5 heteroatoms. The highest BCUT2D eigenvalue weighted by Crippen LogP contribution is 2.37. The van der Waals surface area contributed by atoms with E-state index in [9.17, 15) is 4.79 Å². The van der Waals surface area contributed by atoms with Gasteiger partial charge in [-0.05, 0) is 84.4 Å². The lowest BCUT2D eigenvalue weighted by atomic mass is 9.95. The lowest BCUT2D eigenvalue weighted by molar-refractivity contribution is 0.0514. The van der Waals surface area contributed by atoms with Crippen molar-refractivity contribution in [1.29, 1.82) is 0 Å². The molecule has 2 unspecified atom stereocenters. The Morgan fingerprint density at radius 3 is 1.77 bits per heavy atom. The zero-order valence-corrected chi connectivity index (χ0v) is 28.2. The van der Waals surface area contributed by atoms with E-state index < -0.39 is 20.0 Å². The average Bonchev–Trinajstić information content (AvgIpc) is 2.92. The van der Waals surface area contributed by atoms with E-state index in [0.717, 1.165) is 12.0 Å². The van der Waals surface area contributed by atoms with Gasteiger partial charge < -0.3 is 14.5 Å². The van der Waals surface area contributed by atoms with Gasteiger partial charge in [0.2, 0.25) is 0 Å². The van der Waals surface area contributed by atoms with Crippen molar-refractivity contribution in [1.82, 2.24) is 5.32 Å². The number of carbonyl (C=O) groups excluding carboxylic acids is 1.